The molecule has 0 aromatic heterocycles. The van der Waals surface area contributed by atoms with Crippen LogP contribution in [-0.4, -0.2) is 35.0 Å². The first-order valence-corrected chi connectivity index (χ1v) is 4.41. The maximum absolute atomic E-state index is 13.4. The molecule has 0 nitrogen and oxygen atoms in total. The summed E-state index contributed by atoms with van der Waals surface area (Å²) in [6, 6.07) is 0. The Bertz CT molecular complexity index is 445. The van der Waals surface area contributed by atoms with Gasteiger partial charge in [0.25, 0.3) is 11.3 Å². The Kier molecular flexibility index (Phi) is 2.16. The van der Waals surface area contributed by atoms with Gasteiger partial charge in [0, 0.05) is 6.08 Å². The minimum atomic E-state index is -6.70. The van der Waals surface area contributed by atoms with E-state index >= 15 is 0 Å². The van der Waals surface area contributed by atoms with E-state index < -0.39 is 46.9 Å². The van der Waals surface area contributed by atoms with Crippen LogP contribution in [0.4, 0.5) is 48.3 Å². The topological polar surface area (TPSA) is 0 Å². The molecular weight excluding hydrogens is 305 g/mol. The van der Waals surface area contributed by atoms with Crippen molar-refractivity contribution in [3.05, 3.63) is 11.9 Å². The molecule has 0 heterocycles. The number of rotatable bonds is 0. The molecule has 110 valence electrons. The van der Waals surface area contributed by atoms with Gasteiger partial charge in [-0.05, 0) is 0 Å². The molecule has 0 amide bonds. The van der Waals surface area contributed by atoms with Crippen molar-refractivity contribution in [2.45, 2.75) is 35.0 Å². The smallest absolute Gasteiger partial charge is 0.225 e. The molecule has 0 spiro atoms. The van der Waals surface area contributed by atoms with E-state index in [2.05, 4.69) is 0 Å². The lowest BCUT2D eigenvalue weighted by Gasteiger charge is -2.57. The minimum absolute atomic E-state index is 1.55. The minimum Gasteiger partial charge on any atom is -0.225 e. The van der Waals surface area contributed by atoms with Crippen LogP contribution >= 0.6 is 0 Å². The Morgan fingerprint density at radius 1 is 0.579 bits per heavy atom. The van der Waals surface area contributed by atoms with Gasteiger partial charge < -0.3 is 0 Å². The van der Waals surface area contributed by atoms with E-state index in [0.717, 1.165) is 0 Å². The highest BCUT2D eigenvalue weighted by Crippen LogP contribution is 2.74. The Morgan fingerprint density at radius 2 is 0.895 bits per heavy atom. The van der Waals surface area contributed by atoms with Gasteiger partial charge in [-0.3, -0.25) is 0 Å². The molecular formula is C8HF11. The molecule has 19 heavy (non-hydrogen) atoms. The molecule has 0 saturated heterocycles. The number of halogens is 11. The third kappa shape index (κ3) is 0.929. The lowest BCUT2D eigenvalue weighted by molar-refractivity contribution is -0.454. The van der Waals surface area contributed by atoms with Gasteiger partial charge in [0.2, 0.25) is 0 Å². The Balaban J connectivity index is 2.97. The van der Waals surface area contributed by atoms with Gasteiger partial charge in [-0.2, -0.15) is 35.1 Å². The summed E-state index contributed by atoms with van der Waals surface area (Å²) >= 11 is 0. The largest absolute Gasteiger partial charge is 0.360 e. The fraction of sp³-hybridized carbons (Fsp3) is 0.750. The van der Waals surface area contributed by atoms with E-state index in [1.54, 1.807) is 0 Å². The maximum atomic E-state index is 13.4. The van der Waals surface area contributed by atoms with Crippen molar-refractivity contribution in [2.75, 3.05) is 0 Å². The average Bonchev–Trinajstić information content (AvgIpc) is 2.22. The van der Waals surface area contributed by atoms with E-state index in [9.17, 15) is 48.3 Å². The third-order valence-corrected chi connectivity index (χ3v) is 3.22. The van der Waals surface area contributed by atoms with Crippen LogP contribution in [0.1, 0.15) is 0 Å². The summed E-state index contributed by atoms with van der Waals surface area (Å²) in [5.41, 5.74) is -12.4. The van der Waals surface area contributed by atoms with E-state index in [1.807, 2.05) is 0 Å². The van der Waals surface area contributed by atoms with Crippen LogP contribution in [0.3, 0.4) is 0 Å². The Morgan fingerprint density at radius 3 is 1.21 bits per heavy atom. The second-order valence-electron chi connectivity index (χ2n) is 4.16. The highest BCUT2D eigenvalue weighted by Gasteiger charge is 3.03. The number of hydrogen-bond acceptors (Lipinski definition) is 0. The standard InChI is InChI=1S/C8HF11/c9-2-1-3(10)5(12,13)7(16,17)4(2,11)8(18,19)6(3,14)15/h1H. The summed E-state index contributed by atoms with van der Waals surface area (Å²) in [7, 11) is 0. The van der Waals surface area contributed by atoms with E-state index in [-0.39, 0.29) is 0 Å². The highest BCUT2D eigenvalue weighted by atomic mass is 19.4. The summed E-state index contributed by atoms with van der Waals surface area (Å²) in [5.74, 6) is -29.9. The third-order valence-electron chi connectivity index (χ3n) is 3.22. The molecule has 1 saturated carbocycles. The van der Waals surface area contributed by atoms with Gasteiger partial charge in [-0.15, -0.1) is 0 Å². The summed E-state index contributed by atoms with van der Waals surface area (Å²) in [5, 5.41) is 0. The lowest BCUT2D eigenvalue weighted by Crippen LogP contribution is -2.87. The quantitative estimate of drug-likeness (QED) is 0.597. The first-order chi connectivity index (χ1) is 8.13. The number of hydrogen-bond donors (Lipinski definition) is 0. The van der Waals surface area contributed by atoms with Crippen LogP contribution in [0.5, 0.6) is 0 Å². The molecule has 11 heteroatoms. The highest BCUT2D eigenvalue weighted by molar-refractivity contribution is 5.46. The number of fused-ring (bicyclic) bond motifs is 2. The lowest BCUT2D eigenvalue weighted by atomic mass is 9.61. The van der Waals surface area contributed by atoms with Crippen molar-refractivity contribution >= 4 is 0 Å². The first kappa shape index (κ1) is 14.4. The van der Waals surface area contributed by atoms with Gasteiger partial charge in [-0.25, -0.2) is 13.2 Å². The molecule has 0 unspecified atom stereocenters. The van der Waals surface area contributed by atoms with Crippen molar-refractivity contribution in [3.63, 3.8) is 0 Å². The van der Waals surface area contributed by atoms with E-state index in [0.29, 0.717) is 0 Å². The molecule has 1 fully saturated rings. The maximum Gasteiger partial charge on any atom is 0.360 e. The molecule has 0 aliphatic heterocycles. The fourth-order valence-electron chi connectivity index (χ4n) is 2.04. The van der Waals surface area contributed by atoms with Crippen molar-refractivity contribution < 1.29 is 48.3 Å². The molecule has 2 bridgehead atoms. The molecule has 0 radical (unpaired) electrons. The molecule has 3 aliphatic carbocycles. The van der Waals surface area contributed by atoms with Crippen LogP contribution in [0.2, 0.25) is 0 Å². The molecule has 0 aromatic carbocycles. The fourth-order valence-corrected chi connectivity index (χ4v) is 2.04. The predicted octanol–water partition coefficient (Wildman–Crippen LogP) is 3.82. The van der Waals surface area contributed by atoms with E-state index in [4.69, 9.17) is 0 Å². The molecule has 0 N–H and O–H groups in total. The van der Waals surface area contributed by atoms with Crippen LogP contribution in [-0.2, 0) is 0 Å². The molecule has 0 atom stereocenters. The van der Waals surface area contributed by atoms with Crippen molar-refractivity contribution in [3.8, 4) is 0 Å². The van der Waals surface area contributed by atoms with Gasteiger partial charge in [-0.1, -0.05) is 0 Å². The van der Waals surface area contributed by atoms with Crippen molar-refractivity contribution in [2.24, 2.45) is 0 Å². The Hall–Kier alpha value is -1.03. The van der Waals surface area contributed by atoms with Gasteiger partial charge in [0.05, 0.1) is 0 Å². The van der Waals surface area contributed by atoms with Gasteiger partial charge in [0.1, 0.15) is 5.83 Å². The zero-order valence-corrected chi connectivity index (χ0v) is 8.23. The number of alkyl halides is 10. The summed E-state index contributed by atoms with van der Waals surface area (Å²) in [6.07, 6.45) is -1.55. The summed E-state index contributed by atoms with van der Waals surface area (Å²) in [4.78, 5) is 0. The monoisotopic (exact) mass is 306 g/mol. The predicted molar refractivity (Wildman–Crippen MR) is 36.7 cm³/mol. The van der Waals surface area contributed by atoms with Crippen LogP contribution < -0.4 is 0 Å². The van der Waals surface area contributed by atoms with Gasteiger partial charge >= 0.3 is 23.7 Å². The van der Waals surface area contributed by atoms with E-state index in [1.165, 1.54) is 0 Å². The van der Waals surface area contributed by atoms with Crippen molar-refractivity contribution in [1.82, 2.24) is 0 Å². The SMILES string of the molecule is FC1=CC2(F)C(F)(F)C(F)(F)C1(F)C(F)(F)C2(F)F. The van der Waals surface area contributed by atoms with Crippen LogP contribution in [0, 0.1) is 0 Å². The van der Waals surface area contributed by atoms with Gasteiger partial charge in [0.15, 0.2) is 0 Å². The van der Waals surface area contributed by atoms with Crippen molar-refractivity contribution in [1.29, 1.82) is 0 Å². The zero-order valence-electron chi connectivity index (χ0n) is 8.23. The van der Waals surface area contributed by atoms with Crippen LogP contribution in [0.25, 0.3) is 0 Å². The molecule has 3 rings (SSSR count). The van der Waals surface area contributed by atoms with Crippen LogP contribution in [0.15, 0.2) is 11.9 Å². The first-order valence-electron chi connectivity index (χ1n) is 4.41. The molecule has 0 aromatic rings. The molecule has 3 aliphatic rings. The zero-order chi connectivity index (χ0) is 15.3. The Labute approximate surface area is 96.4 Å². The second-order valence-corrected chi connectivity index (χ2v) is 4.16. The second kappa shape index (κ2) is 2.85. The normalized spacial score (nSPS) is 44.9. The summed E-state index contributed by atoms with van der Waals surface area (Å²) in [6.45, 7) is 0. The average molecular weight is 306 g/mol. The number of allylic oxidation sites excluding steroid dienone is 2. The summed E-state index contributed by atoms with van der Waals surface area (Å²) < 4.78 is 143.